The van der Waals surface area contributed by atoms with Crippen LogP contribution in [0, 0.1) is 29.6 Å². The number of anilines is 1. The van der Waals surface area contributed by atoms with Gasteiger partial charge in [0.05, 0.1) is 0 Å². The van der Waals surface area contributed by atoms with Crippen LogP contribution >= 0.6 is 0 Å². The largest absolute Gasteiger partial charge is 0.436 e. The van der Waals surface area contributed by atoms with Crippen molar-refractivity contribution >= 4 is 16.8 Å². The minimum absolute atomic E-state index is 0.0208. The highest BCUT2D eigenvalue weighted by Gasteiger charge is 2.09. The lowest BCUT2D eigenvalue weighted by atomic mass is 10.1. The van der Waals surface area contributed by atoms with E-state index in [4.69, 9.17) is 14.9 Å². The van der Waals surface area contributed by atoms with E-state index in [1.807, 2.05) is 49.4 Å². The third-order valence-electron chi connectivity index (χ3n) is 3.38. The van der Waals surface area contributed by atoms with Crippen LogP contribution in [-0.2, 0) is 0 Å². The number of rotatable bonds is 3. The second-order valence-corrected chi connectivity index (χ2v) is 4.94. The standard InChI is InChI=1S/C18H12N4O/c1-12-8-14(6-7-15(12)21-11-13(9-19)10-20)18-22-16-4-2-3-5-17(16)23-18/h2-8,11,21H,1H3. The van der Waals surface area contributed by atoms with Gasteiger partial charge in [-0.3, -0.25) is 0 Å². The Morgan fingerprint density at radius 2 is 1.96 bits per heavy atom. The molecule has 2 aromatic carbocycles. The van der Waals surface area contributed by atoms with Gasteiger partial charge in [-0.05, 0) is 42.8 Å². The molecule has 0 aliphatic rings. The van der Waals surface area contributed by atoms with Crippen LogP contribution in [0.15, 0.2) is 58.7 Å². The van der Waals surface area contributed by atoms with Crippen molar-refractivity contribution in [3.8, 4) is 23.6 Å². The van der Waals surface area contributed by atoms with Crippen molar-refractivity contribution in [3.63, 3.8) is 0 Å². The molecule has 1 N–H and O–H groups in total. The Kier molecular flexibility index (Phi) is 3.78. The van der Waals surface area contributed by atoms with E-state index in [-0.39, 0.29) is 5.57 Å². The van der Waals surface area contributed by atoms with Crippen molar-refractivity contribution in [3.05, 3.63) is 59.8 Å². The van der Waals surface area contributed by atoms with Crippen molar-refractivity contribution in [1.82, 2.24) is 4.98 Å². The Morgan fingerprint density at radius 1 is 1.17 bits per heavy atom. The number of hydrogen-bond acceptors (Lipinski definition) is 5. The molecule has 0 radical (unpaired) electrons. The van der Waals surface area contributed by atoms with Gasteiger partial charge < -0.3 is 9.73 Å². The second-order valence-electron chi connectivity index (χ2n) is 4.94. The molecule has 23 heavy (non-hydrogen) atoms. The number of fused-ring (bicyclic) bond motifs is 1. The number of nitrogens with zero attached hydrogens (tertiary/aromatic N) is 3. The average Bonchev–Trinajstić information content (AvgIpc) is 3.01. The fraction of sp³-hybridized carbons (Fsp3) is 0.0556. The smallest absolute Gasteiger partial charge is 0.227 e. The molecule has 3 aromatic rings. The van der Waals surface area contributed by atoms with Gasteiger partial charge in [0.25, 0.3) is 0 Å². The fourth-order valence-electron chi connectivity index (χ4n) is 2.19. The van der Waals surface area contributed by atoms with Crippen molar-refractivity contribution < 1.29 is 4.42 Å². The molecular weight excluding hydrogens is 288 g/mol. The maximum Gasteiger partial charge on any atom is 0.227 e. The quantitative estimate of drug-likeness (QED) is 0.734. The Labute approximate surface area is 133 Å². The van der Waals surface area contributed by atoms with Crippen LogP contribution in [0.1, 0.15) is 5.56 Å². The lowest BCUT2D eigenvalue weighted by Crippen LogP contribution is -1.93. The third-order valence-corrected chi connectivity index (χ3v) is 3.38. The van der Waals surface area contributed by atoms with Crippen LogP contribution in [-0.4, -0.2) is 4.98 Å². The van der Waals surface area contributed by atoms with Gasteiger partial charge in [-0.1, -0.05) is 12.1 Å². The molecule has 0 aliphatic heterocycles. The van der Waals surface area contributed by atoms with E-state index >= 15 is 0 Å². The van der Waals surface area contributed by atoms with E-state index in [1.54, 1.807) is 12.1 Å². The Balaban J connectivity index is 1.92. The molecule has 0 spiro atoms. The van der Waals surface area contributed by atoms with Crippen LogP contribution < -0.4 is 5.32 Å². The Morgan fingerprint density at radius 3 is 2.65 bits per heavy atom. The first-order valence-corrected chi connectivity index (χ1v) is 6.95. The van der Waals surface area contributed by atoms with Crippen LogP contribution in [0.5, 0.6) is 0 Å². The first kappa shape index (κ1) is 14.4. The monoisotopic (exact) mass is 300 g/mol. The first-order valence-electron chi connectivity index (χ1n) is 6.95. The summed E-state index contributed by atoms with van der Waals surface area (Å²) >= 11 is 0. The van der Waals surface area contributed by atoms with Gasteiger partial charge >= 0.3 is 0 Å². The maximum atomic E-state index is 8.73. The van der Waals surface area contributed by atoms with Crippen LogP contribution in [0.2, 0.25) is 0 Å². The molecule has 0 unspecified atom stereocenters. The summed E-state index contributed by atoms with van der Waals surface area (Å²) < 4.78 is 5.75. The van der Waals surface area contributed by atoms with Gasteiger partial charge in [0.1, 0.15) is 23.2 Å². The number of aryl methyl sites for hydroxylation is 1. The molecule has 0 saturated heterocycles. The zero-order valence-electron chi connectivity index (χ0n) is 12.4. The molecule has 3 rings (SSSR count). The molecule has 5 heteroatoms. The summed E-state index contributed by atoms with van der Waals surface area (Å²) in [6.07, 6.45) is 1.39. The summed E-state index contributed by atoms with van der Waals surface area (Å²) in [4.78, 5) is 4.47. The highest BCUT2D eigenvalue weighted by Crippen LogP contribution is 2.27. The van der Waals surface area contributed by atoms with Crippen molar-refractivity contribution in [1.29, 1.82) is 10.5 Å². The lowest BCUT2D eigenvalue weighted by Gasteiger charge is -2.06. The van der Waals surface area contributed by atoms with Gasteiger partial charge in [0, 0.05) is 17.5 Å². The zero-order chi connectivity index (χ0) is 16.2. The van der Waals surface area contributed by atoms with E-state index in [0.29, 0.717) is 5.89 Å². The highest BCUT2D eigenvalue weighted by atomic mass is 16.3. The Hall–Kier alpha value is -3.57. The number of aromatic nitrogens is 1. The second kappa shape index (κ2) is 6.05. The predicted molar refractivity (Wildman–Crippen MR) is 87.1 cm³/mol. The SMILES string of the molecule is Cc1cc(-c2nc3ccccc3o2)ccc1NC=C(C#N)C#N. The summed E-state index contributed by atoms with van der Waals surface area (Å²) in [5.74, 6) is 0.561. The van der Waals surface area contributed by atoms with E-state index in [2.05, 4.69) is 10.3 Å². The number of oxazole rings is 1. The van der Waals surface area contributed by atoms with Gasteiger partial charge in [-0.2, -0.15) is 10.5 Å². The van der Waals surface area contributed by atoms with Crippen molar-refractivity contribution in [2.24, 2.45) is 0 Å². The molecule has 1 heterocycles. The number of benzene rings is 2. The van der Waals surface area contributed by atoms with E-state index < -0.39 is 0 Å². The third kappa shape index (κ3) is 2.90. The predicted octanol–water partition coefficient (Wildman–Crippen LogP) is 4.15. The minimum atomic E-state index is 0.0208. The van der Waals surface area contributed by atoms with E-state index in [1.165, 1.54) is 6.20 Å². The van der Waals surface area contributed by atoms with Gasteiger partial charge in [-0.15, -0.1) is 0 Å². The molecule has 5 nitrogen and oxygen atoms in total. The fourth-order valence-corrected chi connectivity index (χ4v) is 2.19. The highest BCUT2D eigenvalue weighted by molar-refractivity contribution is 5.76. The van der Waals surface area contributed by atoms with Crippen LogP contribution in [0.4, 0.5) is 5.69 Å². The molecule has 0 amide bonds. The molecule has 0 fully saturated rings. The summed E-state index contributed by atoms with van der Waals surface area (Å²) in [5, 5.41) is 20.4. The summed E-state index contributed by atoms with van der Waals surface area (Å²) in [6.45, 7) is 1.93. The van der Waals surface area contributed by atoms with E-state index in [9.17, 15) is 0 Å². The number of nitriles is 2. The molecule has 0 saturated carbocycles. The number of para-hydroxylation sites is 2. The van der Waals surface area contributed by atoms with Crippen molar-refractivity contribution in [2.75, 3.05) is 5.32 Å². The molecule has 0 atom stereocenters. The number of allylic oxidation sites excluding steroid dienone is 1. The van der Waals surface area contributed by atoms with E-state index in [0.717, 1.165) is 27.9 Å². The molecule has 0 bridgehead atoms. The van der Waals surface area contributed by atoms with Crippen LogP contribution in [0.25, 0.3) is 22.6 Å². The summed E-state index contributed by atoms with van der Waals surface area (Å²) in [6, 6.07) is 16.9. The first-order chi connectivity index (χ1) is 11.2. The topological polar surface area (TPSA) is 85.6 Å². The van der Waals surface area contributed by atoms with Gasteiger partial charge in [0.2, 0.25) is 5.89 Å². The molecular formula is C18H12N4O. The maximum absolute atomic E-state index is 8.73. The zero-order valence-corrected chi connectivity index (χ0v) is 12.4. The molecule has 110 valence electrons. The molecule has 1 aromatic heterocycles. The summed E-state index contributed by atoms with van der Waals surface area (Å²) in [5.41, 5.74) is 4.22. The lowest BCUT2D eigenvalue weighted by molar-refractivity contribution is 0.620. The molecule has 0 aliphatic carbocycles. The number of nitrogens with one attached hydrogen (secondary N) is 1. The van der Waals surface area contributed by atoms with Crippen molar-refractivity contribution in [2.45, 2.75) is 6.92 Å². The summed E-state index contributed by atoms with van der Waals surface area (Å²) in [7, 11) is 0. The average molecular weight is 300 g/mol. The number of hydrogen-bond donors (Lipinski definition) is 1. The minimum Gasteiger partial charge on any atom is -0.436 e. The van der Waals surface area contributed by atoms with Crippen LogP contribution in [0.3, 0.4) is 0 Å². The van der Waals surface area contributed by atoms with Gasteiger partial charge in [-0.25, -0.2) is 4.98 Å². The Bertz CT molecular complexity index is 937. The normalized spacial score (nSPS) is 9.87. The van der Waals surface area contributed by atoms with Gasteiger partial charge in [0.15, 0.2) is 5.58 Å².